The quantitative estimate of drug-likeness (QED) is 0.845. The molecule has 5 nitrogen and oxygen atoms in total. The van der Waals surface area contributed by atoms with E-state index in [0.29, 0.717) is 0 Å². The molecular formula is C14H27N5. The van der Waals surface area contributed by atoms with Gasteiger partial charge in [-0.2, -0.15) is 0 Å². The minimum absolute atomic E-state index is 0.849. The number of hydrogen-bond donors (Lipinski definition) is 1. The van der Waals surface area contributed by atoms with Crippen molar-refractivity contribution in [3.8, 4) is 0 Å². The monoisotopic (exact) mass is 265 g/mol. The fraction of sp³-hybridized carbons (Fsp3) is 0.857. The van der Waals surface area contributed by atoms with Crippen LogP contribution in [0.3, 0.4) is 0 Å². The van der Waals surface area contributed by atoms with E-state index in [1.807, 2.05) is 6.92 Å². The lowest BCUT2D eigenvalue weighted by atomic mass is 9.97. The third-order valence-corrected chi connectivity index (χ3v) is 4.08. The molecular weight excluding hydrogens is 238 g/mol. The van der Waals surface area contributed by atoms with E-state index in [0.717, 1.165) is 37.2 Å². The van der Waals surface area contributed by atoms with Crippen molar-refractivity contribution in [1.29, 1.82) is 0 Å². The number of nitrogens with one attached hydrogen (secondary N) is 1. The SMILES string of the molecule is CCNCC1CCN(Cc2nnc(C)n2CC)CC1. The van der Waals surface area contributed by atoms with Crippen molar-refractivity contribution in [3.05, 3.63) is 11.6 Å². The molecule has 1 N–H and O–H groups in total. The van der Waals surface area contributed by atoms with E-state index in [2.05, 4.69) is 38.8 Å². The molecule has 108 valence electrons. The van der Waals surface area contributed by atoms with Crippen molar-refractivity contribution in [2.45, 2.75) is 46.7 Å². The summed E-state index contributed by atoms with van der Waals surface area (Å²) in [6, 6.07) is 0. The number of piperidine rings is 1. The lowest BCUT2D eigenvalue weighted by molar-refractivity contribution is 0.170. The lowest BCUT2D eigenvalue weighted by Crippen LogP contribution is -2.37. The van der Waals surface area contributed by atoms with Crippen LogP contribution < -0.4 is 5.32 Å². The van der Waals surface area contributed by atoms with Gasteiger partial charge >= 0.3 is 0 Å². The fourth-order valence-corrected chi connectivity index (χ4v) is 2.85. The average molecular weight is 265 g/mol. The molecule has 0 radical (unpaired) electrons. The van der Waals surface area contributed by atoms with Crippen LogP contribution in [0.2, 0.25) is 0 Å². The molecule has 0 bridgehead atoms. The van der Waals surface area contributed by atoms with Gasteiger partial charge in [-0.1, -0.05) is 6.92 Å². The maximum Gasteiger partial charge on any atom is 0.147 e. The molecule has 1 aliphatic rings. The molecule has 1 aromatic rings. The van der Waals surface area contributed by atoms with Gasteiger partial charge in [-0.25, -0.2) is 0 Å². The molecule has 1 fully saturated rings. The highest BCUT2D eigenvalue weighted by Gasteiger charge is 2.20. The van der Waals surface area contributed by atoms with Gasteiger partial charge in [0.25, 0.3) is 0 Å². The molecule has 2 heterocycles. The molecule has 0 spiro atoms. The van der Waals surface area contributed by atoms with Gasteiger partial charge in [0, 0.05) is 6.54 Å². The van der Waals surface area contributed by atoms with Crippen molar-refractivity contribution >= 4 is 0 Å². The zero-order valence-corrected chi connectivity index (χ0v) is 12.5. The van der Waals surface area contributed by atoms with Crippen molar-refractivity contribution in [1.82, 2.24) is 25.0 Å². The number of rotatable bonds is 6. The Morgan fingerprint density at radius 2 is 1.95 bits per heavy atom. The Balaban J connectivity index is 1.82. The second kappa shape index (κ2) is 7.01. The second-order valence-electron chi connectivity index (χ2n) is 5.43. The third kappa shape index (κ3) is 3.76. The highest BCUT2D eigenvalue weighted by Crippen LogP contribution is 2.18. The predicted molar refractivity (Wildman–Crippen MR) is 77.0 cm³/mol. The predicted octanol–water partition coefficient (Wildman–Crippen LogP) is 1.43. The van der Waals surface area contributed by atoms with E-state index < -0.39 is 0 Å². The minimum atomic E-state index is 0.849. The van der Waals surface area contributed by atoms with Crippen LogP contribution in [0.15, 0.2) is 0 Å². The summed E-state index contributed by atoms with van der Waals surface area (Å²) < 4.78 is 2.21. The van der Waals surface area contributed by atoms with E-state index >= 15 is 0 Å². The van der Waals surface area contributed by atoms with Crippen LogP contribution in [0.5, 0.6) is 0 Å². The van der Waals surface area contributed by atoms with Gasteiger partial charge in [0.1, 0.15) is 11.6 Å². The Kier molecular flexibility index (Phi) is 5.34. The van der Waals surface area contributed by atoms with Gasteiger partial charge < -0.3 is 9.88 Å². The van der Waals surface area contributed by atoms with Gasteiger partial charge in [-0.05, 0) is 58.8 Å². The van der Waals surface area contributed by atoms with Gasteiger partial charge in [-0.15, -0.1) is 10.2 Å². The number of aryl methyl sites for hydroxylation is 1. The van der Waals surface area contributed by atoms with Crippen LogP contribution >= 0.6 is 0 Å². The Hall–Kier alpha value is -0.940. The first kappa shape index (κ1) is 14.5. The lowest BCUT2D eigenvalue weighted by Gasteiger charge is -2.31. The molecule has 0 atom stereocenters. The first-order valence-electron chi connectivity index (χ1n) is 7.56. The van der Waals surface area contributed by atoms with Crippen LogP contribution in [0.1, 0.15) is 38.3 Å². The third-order valence-electron chi connectivity index (χ3n) is 4.08. The van der Waals surface area contributed by atoms with Crippen LogP contribution in [0.25, 0.3) is 0 Å². The molecule has 19 heavy (non-hydrogen) atoms. The van der Waals surface area contributed by atoms with E-state index in [1.54, 1.807) is 0 Å². The molecule has 0 amide bonds. The second-order valence-corrected chi connectivity index (χ2v) is 5.43. The normalized spacial score (nSPS) is 18.1. The van der Waals surface area contributed by atoms with Crippen molar-refractivity contribution in [3.63, 3.8) is 0 Å². The van der Waals surface area contributed by atoms with Crippen molar-refractivity contribution in [2.24, 2.45) is 5.92 Å². The van der Waals surface area contributed by atoms with Crippen LogP contribution in [0.4, 0.5) is 0 Å². The average Bonchev–Trinajstić information content (AvgIpc) is 2.78. The van der Waals surface area contributed by atoms with Crippen LogP contribution in [0, 0.1) is 12.8 Å². The molecule has 0 saturated carbocycles. The zero-order valence-electron chi connectivity index (χ0n) is 12.5. The van der Waals surface area contributed by atoms with Crippen LogP contribution in [-0.4, -0.2) is 45.8 Å². The summed E-state index contributed by atoms with van der Waals surface area (Å²) in [5.41, 5.74) is 0. The van der Waals surface area contributed by atoms with Crippen LogP contribution in [-0.2, 0) is 13.1 Å². The summed E-state index contributed by atoms with van der Waals surface area (Å²) in [5, 5.41) is 12.0. The maximum absolute atomic E-state index is 4.31. The summed E-state index contributed by atoms with van der Waals surface area (Å²) in [6.45, 7) is 12.9. The molecule has 1 saturated heterocycles. The number of likely N-dealkylation sites (tertiary alicyclic amines) is 1. The summed E-state index contributed by atoms with van der Waals surface area (Å²) in [6.07, 6.45) is 2.60. The molecule has 0 aliphatic carbocycles. The van der Waals surface area contributed by atoms with Gasteiger partial charge in [0.05, 0.1) is 6.54 Å². The minimum Gasteiger partial charge on any atom is -0.317 e. The Morgan fingerprint density at radius 3 is 2.58 bits per heavy atom. The number of nitrogens with zero attached hydrogens (tertiary/aromatic N) is 4. The first-order valence-corrected chi connectivity index (χ1v) is 7.56. The molecule has 1 aliphatic heterocycles. The smallest absolute Gasteiger partial charge is 0.147 e. The molecule has 0 unspecified atom stereocenters. The van der Waals surface area contributed by atoms with Gasteiger partial charge in [0.15, 0.2) is 0 Å². The van der Waals surface area contributed by atoms with E-state index in [9.17, 15) is 0 Å². The Morgan fingerprint density at radius 1 is 1.21 bits per heavy atom. The molecule has 5 heteroatoms. The fourth-order valence-electron chi connectivity index (χ4n) is 2.85. The largest absolute Gasteiger partial charge is 0.317 e. The first-order chi connectivity index (χ1) is 9.24. The van der Waals surface area contributed by atoms with Gasteiger partial charge in [-0.3, -0.25) is 4.90 Å². The highest BCUT2D eigenvalue weighted by molar-refractivity contribution is 4.94. The molecule has 0 aromatic carbocycles. The summed E-state index contributed by atoms with van der Waals surface area (Å²) in [4.78, 5) is 2.51. The zero-order chi connectivity index (χ0) is 13.7. The Labute approximate surface area is 116 Å². The standard InChI is InChI=1S/C14H27N5/c1-4-15-10-13-6-8-18(9-7-13)11-14-17-16-12(3)19(14)5-2/h13,15H,4-11H2,1-3H3. The van der Waals surface area contributed by atoms with Gasteiger partial charge in [0.2, 0.25) is 0 Å². The topological polar surface area (TPSA) is 46.0 Å². The number of hydrogen-bond acceptors (Lipinski definition) is 4. The Bertz CT molecular complexity index is 379. The van der Waals surface area contributed by atoms with Crippen molar-refractivity contribution in [2.75, 3.05) is 26.2 Å². The van der Waals surface area contributed by atoms with E-state index in [1.165, 1.54) is 32.5 Å². The van der Waals surface area contributed by atoms with E-state index in [4.69, 9.17) is 0 Å². The summed E-state index contributed by atoms with van der Waals surface area (Å²) in [5.74, 6) is 2.99. The van der Waals surface area contributed by atoms with E-state index in [-0.39, 0.29) is 0 Å². The number of aromatic nitrogens is 3. The highest BCUT2D eigenvalue weighted by atomic mass is 15.3. The molecule has 1 aromatic heterocycles. The van der Waals surface area contributed by atoms with Crippen molar-refractivity contribution < 1.29 is 0 Å². The summed E-state index contributed by atoms with van der Waals surface area (Å²) in [7, 11) is 0. The molecule has 2 rings (SSSR count). The summed E-state index contributed by atoms with van der Waals surface area (Å²) >= 11 is 0. The maximum atomic E-state index is 4.31.